The topological polar surface area (TPSA) is 88.7 Å². The number of aliphatic carboxylic acids is 1. The van der Waals surface area contributed by atoms with Gasteiger partial charge < -0.3 is 20.5 Å². The smallest absolute Gasteiger partial charge is 0.303 e. The molecule has 3 aromatic rings. The van der Waals surface area contributed by atoms with Crippen molar-refractivity contribution < 1.29 is 19.0 Å². The maximum atomic E-state index is 15.9. The van der Waals surface area contributed by atoms with Gasteiger partial charge in [0.15, 0.2) is 0 Å². The van der Waals surface area contributed by atoms with Crippen LogP contribution < -0.4 is 10.5 Å². The fraction of sp³-hybridized carbons (Fsp3) is 0.481. The number of nitrogens with zero attached hydrogens (tertiary/aromatic N) is 2. The zero-order valence-electron chi connectivity index (χ0n) is 20.6. The Kier molecular flexibility index (Phi) is 9.22. The highest BCUT2D eigenvalue weighted by molar-refractivity contribution is 8.01. The van der Waals surface area contributed by atoms with Crippen LogP contribution in [-0.4, -0.2) is 53.5 Å². The van der Waals surface area contributed by atoms with E-state index >= 15 is 4.39 Å². The van der Waals surface area contributed by atoms with Crippen LogP contribution in [0.2, 0.25) is 0 Å². The molecule has 1 fully saturated rings. The zero-order chi connectivity index (χ0) is 25.5. The number of thioether (sulfide) groups is 1. The molecule has 2 aromatic heterocycles. The SMILES string of the molecule is COc1ccc2ncc(CN)c([C@@H](F)CCC3(CC(=O)O)CCN(CCSc4cccs4)CC3)c2c1. The molecule has 3 heterocycles. The monoisotopic (exact) mass is 531 g/mol. The number of hydrogen-bond acceptors (Lipinski definition) is 7. The van der Waals surface area contributed by atoms with E-state index in [2.05, 4.69) is 27.4 Å². The lowest BCUT2D eigenvalue weighted by molar-refractivity contribution is -0.141. The normalized spacial score (nSPS) is 16.8. The summed E-state index contributed by atoms with van der Waals surface area (Å²) in [6, 6.07) is 9.64. The third-order valence-electron chi connectivity index (χ3n) is 7.25. The number of hydrogen-bond donors (Lipinski definition) is 2. The summed E-state index contributed by atoms with van der Waals surface area (Å²) in [4.78, 5) is 18.6. The lowest BCUT2D eigenvalue weighted by Gasteiger charge is -2.41. The number of pyridine rings is 1. The van der Waals surface area contributed by atoms with Gasteiger partial charge in [0, 0.05) is 36.0 Å². The van der Waals surface area contributed by atoms with Crippen LogP contribution in [0.1, 0.15) is 49.4 Å². The first-order valence-electron chi connectivity index (χ1n) is 12.3. The molecule has 36 heavy (non-hydrogen) atoms. The Morgan fingerprint density at radius 3 is 2.83 bits per heavy atom. The number of benzene rings is 1. The summed E-state index contributed by atoms with van der Waals surface area (Å²) >= 11 is 3.61. The first-order valence-corrected chi connectivity index (χ1v) is 14.2. The van der Waals surface area contributed by atoms with E-state index < -0.39 is 17.6 Å². The third-order valence-corrected chi connectivity index (χ3v) is 9.36. The summed E-state index contributed by atoms with van der Waals surface area (Å²) in [7, 11) is 1.58. The molecule has 4 rings (SSSR count). The second kappa shape index (κ2) is 12.4. The highest BCUT2D eigenvalue weighted by Crippen LogP contribution is 2.43. The molecular weight excluding hydrogens is 497 g/mol. The van der Waals surface area contributed by atoms with Crippen molar-refractivity contribution in [1.29, 1.82) is 0 Å². The minimum Gasteiger partial charge on any atom is -0.497 e. The standard InChI is InChI=1S/C27H34FN3O3S2/c1-34-20-4-5-23-21(15-20)26(19(17-29)18-30-23)22(28)6-7-27(16-24(32)33)8-10-31(11-9-27)12-14-36-25-3-2-13-35-25/h2-5,13,15,18,22H,6-12,14,16-17,29H2,1H3,(H,32,33)/t22-/m0/s1. The van der Waals surface area contributed by atoms with Crippen molar-refractivity contribution in [2.24, 2.45) is 11.1 Å². The number of likely N-dealkylation sites (tertiary alicyclic amines) is 1. The van der Waals surface area contributed by atoms with Crippen molar-refractivity contribution in [1.82, 2.24) is 9.88 Å². The molecule has 0 radical (unpaired) electrons. The fourth-order valence-electron chi connectivity index (χ4n) is 5.18. The summed E-state index contributed by atoms with van der Waals surface area (Å²) in [5.74, 6) is 0.840. The lowest BCUT2D eigenvalue weighted by atomic mass is 9.71. The predicted molar refractivity (Wildman–Crippen MR) is 145 cm³/mol. The fourth-order valence-corrected chi connectivity index (χ4v) is 7.04. The number of alkyl halides is 1. The molecule has 1 aromatic carbocycles. The number of carboxylic acids is 1. The van der Waals surface area contributed by atoms with E-state index in [9.17, 15) is 9.90 Å². The summed E-state index contributed by atoms with van der Waals surface area (Å²) in [5.41, 5.74) is 7.47. The molecule has 1 aliphatic rings. The molecule has 0 amide bonds. The number of fused-ring (bicyclic) bond motifs is 1. The highest BCUT2D eigenvalue weighted by atomic mass is 32.2. The van der Waals surface area contributed by atoms with Crippen molar-refractivity contribution in [3.63, 3.8) is 0 Å². The summed E-state index contributed by atoms with van der Waals surface area (Å²) in [5, 5.41) is 12.4. The van der Waals surface area contributed by atoms with E-state index in [1.54, 1.807) is 24.6 Å². The van der Waals surface area contributed by atoms with Gasteiger partial charge in [-0.15, -0.1) is 23.1 Å². The Morgan fingerprint density at radius 2 is 2.17 bits per heavy atom. The molecule has 0 spiro atoms. The molecule has 0 bridgehead atoms. The van der Waals surface area contributed by atoms with Crippen LogP contribution in [0, 0.1) is 5.41 Å². The van der Waals surface area contributed by atoms with Crippen molar-refractivity contribution in [3.05, 3.63) is 53.0 Å². The molecule has 9 heteroatoms. The van der Waals surface area contributed by atoms with Gasteiger partial charge in [0.2, 0.25) is 0 Å². The Hall–Kier alpha value is -2.20. The van der Waals surface area contributed by atoms with Crippen LogP contribution in [-0.2, 0) is 11.3 Å². The summed E-state index contributed by atoms with van der Waals surface area (Å²) < 4.78 is 22.6. The average molecular weight is 532 g/mol. The van der Waals surface area contributed by atoms with E-state index in [0.29, 0.717) is 34.2 Å². The Balaban J connectivity index is 1.43. The van der Waals surface area contributed by atoms with Gasteiger partial charge in [-0.25, -0.2) is 4.39 Å². The maximum Gasteiger partial charge on any atom is 0.303 e. The van der Waals surface area contributed by atoms with Crippen LogP contribution in [0.3, 0.4) is 0 Å². The molecule has 1 aliphatic heterocycles. The Morgan fingerprint density at radius 1 is 1.36 bits per heavy atom. The van der Waals surface area contributed by atoms with Gasteiger partial charge in [0.05, 0.1) is 23.3 Å². The predicted octanol–water partition coefficient (Wildman–Crippen LogP) is 5.90. The summed E-state index contributed by atoms with van der Waals surface area (Å²) in [6.45, 7) is 2.86. The number of methoxy groups -OCH3 is 1. The van der Waals surface area contributed by atoms with Gasteiger partial charge in [-0.2, -0.15) is 0 Å². The second-order valence-electron chi connectivity index (χ2n) is 9.48. The van der Waals surface area contributed by atoms with E-state index in [-0.39, 0.29) is 19.4 Å². The average Bonchev–Trinajstić information content (AvgIpc) is 3.40. The maximum absolute atomic E-state index is 15.9. The third kappa shape index (κ3) is 6.56. The molecule has 6 nitrogen and oxygen atoms in total. The molecule has 1 atom stereocenters. The van der Waals surface area contributed by atoms with Crippen LogP contribution >= 0.6 is 23.1 Å². The minimum absolute atomic E-state index is 0.0756. The van der Waals surface area contributed by atoms with Crippen LogP contribution in [0.4, 0.5) is 4.39 Å². The van der Waals surface area contributed by atoms with E-state index in [1.165, 1.54) is 4.21 Å². The van der Waals surface area contributed by atoms with E-state index in [1.807, 2.05) is 30.0 Å². The van der Waals surface area contributed by atoms with Crippen molar-refractivity contribution in [3.8, 4) is 5.75 Å². The molecule has 194 valence electrons. The van der Waals surface area contributed by atoms with Crippen molar-refractivity contribution >= 4 is 40.0 Å². The molecule has 0 aliphatic carbocycles. The molecule has 3 N–H and O–H groups in total. The molecule has 0 saturated carbocycles. The number of thiophene rings is 1. The van der Waals surface area contributed by atoms with E-state index in [4.69, 9.17) is 10.5 Å². The van der Waals surface area contributed by atoms with Crippen molar-refractivity contribution in [2.45, 2.75) is 49.0 Å². The minimum atomic E-state index is -1.26. The van der Waals surface area contributed by atoms with Gasteiger partial charge in [0.25, 0.3) is 0 Å². The van der Waals surface area contributed by atoms with Gasteiger partial charge in [0.1, 0.15) is 11.9 Å². The first kappa shape index (κ1) is 26.9. The molecule has 0 unspecified atom stereocenters. The van der Waals surface area contributed by atoms with Crippen LogP contribution in [0.5, 0.6) is 5.75 Å². The molecular formula is C27H34FN3O3S2. The largest absolute Gasteiger partial charge is 0.497 e. The van der Waals surface area contributed by atoms with Gasteiger partial charge in [-0.1, -0.05) is 6.07 Å². The number of halogens is 1. The number of aromatic nitrogens is 1. The van der Waals surface area contributed by atoms with Gasteiger partial charge in [-0.05, 0) is 79.4 Å². The van der Waals surface area contributed by atoms with Gasteiger partial charge >= 0.3 is 5.97 Å². The van der Waals surface area contributed by atoms with Crippen LogP contribution in [0.25, 0.3) is 10.9 Å². The number of carbonyl (C=O) groups is 1. The number of nitrogens with two attached hydrogens (primary N) is 1. The Bertz CT molecular complexity index is 1150. The van der Waals surface area contributed by atoms with Gasteiger partial charge in [-0.3, -0.25) is 9.78 Å². The number of ether oxygens (including phenoxy) is 1. The number of rotatable bonds is 12. The summed E-state index contributed by atoms with van der Waals surface area (Å²) in [6.07, 6.45) is 2.78. The molecule has 1 saturated heterocycles. The zero-order valence-corrected chi connectivity index (χ0v) is 22.3. The van der Waals surface area contributed by atoms with Crippen LogP contribution in [0.15, 0.2) is 46.1 Å². The highest BCUT2D eigenvalue weighted by Gasteiger charge is 2.37. The quantitative estimate of drug-likeness (QED) is 0.281. The Labute approximate surface area is 220 Å². The lowest BCUT2D eigenvalue weighted by Crippen LogP contribution is -2.42. The first-order chi connectivity index (χ1) is 17.4. The number of carboxylic acid groups (broad SMARTS) is 1. The second-order valence-corrected chi connectivity index (χ2v) is 11.8. The number of piperidine rings is 1. The van der Waals surface area contributed by atoms with Crippen molar-refractivity contribution in [2.75, 3.05) is 32.5 Å². The van der Waals surface area contributed by atoms with E-state index in [0.717, 1.165) is 38.2 Å².